The number of rotatable bonds is 7. The topological polar surface area (TPSA) is 108 Å². The second-order valence-electron chi connectivity index (χ2n) is 7.99. The fourth-order valence-corrected chi connectivity index (χ4v) is 4.14. The number of sulfonamides is 1. The lowest BCUT2D eigenvalue weighted by molar-refractivity contribution is 0.0636. The number of carbonyl (C=O) groups is 1. The summed E-state index contributed by atoms with van der Waals surface area (Å²) >= 11 is 0. The van der Waals surface area contributed by atoms with Crippen molar-refractivity contribution in [1.29, 1.82) is 0 Å². The lowest BCUT2D eigenvalue weighted by atomic mass is 10.0. The van der Waals surface area contributed by atoms with Crippen molar-refractivity contribution in [2.24, 2.45) is 0 Å². The van der Waals surface area contributed by atoms with Gasteiger partial charge in [-0.25, -0.2) is 13.2 Å². The number of ether oxygens (including phenoxy) is 1. The first-order valence-electron chi connectivity index (χ1n) is 9.53. The third-order valence-electron chi connectivity index (χ3n) is 4.41. The number of amides is 1. The zero-order valence-electron chi connectivity index (χ0n) is 16.8. The van der Waals surface area contributed by atoms with Gasteiger partial charge in [0.1, 0.15) is 5.60 Å². The largest absolute Gasteiger partial charge is 0.444 e. The first-order chi connectivity index (χ1) is 13.1. The predicted octanol–water partition coefficient (Wildman–Crippen LogP) is 2.62. The van der Waals surface area contributed by atoms with E-state index in [2.05, 4.69) is 10.0 Å². The average Bonchev–Trinajstić information content (AvgIpc) is 2.60. The van der Waals surface area contributed by atoms with Gasteiger partial charge in [-0.3, -0.25) is 14.9 Å². The van der Waals surface area contributed by atoms with E-state index in [0.717, 1.165) is 25.8 Å². The van der Waals surface area contributed by atoms with Crippen LogP contribution in [0, 0.1) is 0 Å². The maximum Gasteiger partial charge on any atom is 0.412 e. The number of aliphatic hydroxyl groups excluding tert-OH is 1. The molecule has 158 valence electrons. The highest BCUT2D eigenvalue weighted by atomic mass is 32.2. The van der Waals surface area contributed by atoms with E-state index >= 15 is 0 Å². The number of hydrogen-bond acceptors (Lipinski definition) is 6. The van der Waals surface area contributed by atoms with Crippen molar-refractivity contribution in [3.63, 3.8) is 0 Å². The van der Waals surface area contributed by atoms with Crippen molar-refractivity contribution >= 4 is 27.5 Å². The minimum Gasteiger partial charge on any atom is -0.444 e. The van der Waals surface area contributed by atoms with Crippen molar-refractivity contribution in [3.8, 4) is 0 Å². The normalized spacial score (nSPS) is 18.5. The van der Waals surface area contributed by atoms with Crippen LogP contribution in [-0.4, -0.2) is 61.6 Å². The lowest BCUT2D eigenvalue weighted by Gasteiger charge is -2.34. The Balaban J connectivity index is 1.87. The maximum absolute atomic E-state index is 12.4. The van der Waals surface area contributed by atoms with Crippen LogP contribution >= 0.6 is 0 Å². The minimum atomic E-state index is -3.51. The summed E-state index contributed by atoms with van der Waals surface area (Å²) in [5.74, 6) is -0.0403. The monoisotopic (exact) mass is 413 g/mol. The van der Waals surface area contributed by atoms with E-state index in [0.29, 0.717) is 17.9 Å². The van der Waals surface area contributed by atoms with Crippen LogP contribution < -0.4 is 10.0 Å². The number of aliphatic hydroxyl groups is 1. The Bertz CT molecular complexity index is 744. The Morgan fingerprint density at radius 2 is 1.86 bits per heavy atom. The molecule has 1 aliphatic heterocycles. The summed E-state index contributed by atoms with van der Waals surface area (Å²) in [5, 5.41) is 12.0. The number of piperidine rings is 1. The number of likely N-dealkylation sites (tertiary alicyclic amines) is 1. The van der Waals surface area contributed by atoms with Crippen LogP contribution in [-0.2, 0) is 14.8 Å². The van der Waals surface area contributed by atoms with E-state index in [9.17, 15) is 18.3 Å². The summed E-state index contributed by atoms with van der Waals surface area (Å²) in [6.07, 6.45) is 2.42. The summed E-state index contributed by atoms with van der Waals surface area (Å²) in [7, 11) is -3.51. The number of hydrogen-bond donors (Lipinski definition) is 3. The average molecular weight is 414 g/mol. The Labute approximate surface area is 167 Å². The van der Waals surface area contributed by atoms with Gasteiger partial charge in [-0.15, -0.1) is 0 Å². The molecule has 1 unspecified atom stereocenters. The van der Waals surface area contributed by atoms with Crippen LogP contribution in [0.1, 0.15) is 40.0 Å². The second kappa shape index (κ2) is 9.58. The van der Waals surface area contributed by atoms with Gasteiger partial charge < -0.3 is 9.84 Å². The van der Waals surface area contributed by atoms with E-state index in [1.807, 2.05) is 4.90 Å². The smallest absolute Gasteiger partial charge is 0.412 e. The van der Waals surface area contributed by atoms with Crippen LogP contribution in [0.2, 0.25) is 0 Å². The molecule has 0 spiro atoms. The van der Waals surface area contributed by atoms with Crippen molar-refractivity contribution < 1.29 is 23.1 Å². The SMILES string of the molecule is CC(C)(C)OC(=O)Nc1ccc(NS(=O)(=O)CCN2CCCCC2CO)cc1. The van der Waals surface area contributed by atoms with Crippen LogP contribution in [0.15, 0.2) is 24.3 Å². The summed E-state index contributed by atoms with van der Waals surface area (Å²) in [5.41, 5.74) is 0.339. The van der Waals surface area contributed by atoms with E-state index < -0.39 is 21.7 Å². The molecule has 0 aliphatic carbocycles. The quantitative estimate of drug-likeness (QED) is 0.634. The molecule has 3 N–H and O–H groups in total. The fourth-order valence-electron chi connectivity index (χ4n) is 3.07. The van der Waals surface area contributed by atoms with Crippen LogP contribution in [0.25, 0.3) is 0 Å². The molecule has 1 amide bonds. The maximum atomic E-state index is 12.4. The Morgan fingerprint density at radius 3 is 2.46 bits per heavy atom. The highest BCUT2D eigenvalue weighted by Gasteiger charge is 2.23. The third kappa shape index (κ3) is 7.65. The summed E-state index contributed by atoms with van der Waals surface area (Å²) in [6.45, 7) is 6.58. The summed E-state index contributed by atoms with van der Waals surface area (Å²) < 4.78 is 32.5. The molecule has 2 rings (SSSR count). The predicted molar refractivity (Wildman–Crippen MR) is 110 cm³/mol. The van der Waals surface area contributed by atoms with Gasteiger partial charge in [0.05, 0.1) is 12.4 Å². The standard InChI is InChI=1S/C19H31N3O5S/c1-19(2,3)27-18(24)20-15-7-9-16(10-8-15)21-28(25,26)13-12-22-11-5-4-6-17(22)14-23/h7-10,17,21,23H,4-6,11-14H2,1-3H3,(H,20,24). The van der Waals surface area contributed by atoms with E-state index in [1.54, 1.807) is 45.0 Å². The van der Waals surface area contributed by atoms with Gasteiger partial charge in [0.2, 0.25) is 10.0 Å². The number of benzene rings is 1. The van der Waals surface area contributed by atoms with E-state index in [4.69, 9.17) is 4.74 Å². The highest BCUT2D eigenvalue weighted by Crippen LogP contribution is 2.18. The zero-order chi connectivity index (χ0) is 20.8. The van der Waals surface area contributed by atoms with E-state index in [-0.39, 0.29) is 18.4 Å². The molecule has 0 saturated carbocycles. The molecule has 0 radical (unpaired) electrons. The minimum absolute atomic E-state index is 0.0403. The molecule has 1 aliphatic rings. The number of anilines is 2. The molecule has 1 saturated heterocycles. The van der Waals surface area contributed by atoms with Gasteiger partial charge in [0, 0.05) is 24.0 Å². The van der Waals surface area contributed by atoms with Gasteiger partial charge in [-0.05, 0) is 64.4 Å². The van der Waals surface area contributed by atoms with Crippen LogP contribution in [0.4, 0.5) is 16.2 Å². The van der Waals surface area contributed by atoms with Crippen LogP contribution in [0.5, 0.6) is 0 Å². The van der Waals surface area contributed by atoms with Crippen molar-refractivity contribution in [3.05, 3.63) is 24.3 Å². The molecule has 0 aromatic heterocycles. The Morgan fingerprint density at radius 1 is 1.21 bits per heavy atom. The number of nitrogens with one attached hydrogen (secondary N) is 2. The van der Waals surface area contributed by atoms with Crippen LogP contribution in [0.3, 0.4) is 0 Å². The molecule has 8 nitrogen and oxygen atoms in total. The van der Waals surface area contributed by atoms with Gasteiger partial charge in [-0.1, -0.05) is 6.42 Å². The molecule has 0 bridgehead atoms. The molecular weight excluding hydrogens is 382 g/mol. The van der Waals surface area contributed by atoms with E-state index in [1.165, 1.54) is 0 Å². The van der Waals surface area contributed by atoms with Gasteiger partial charge in [0.25, 0.3) is 0 Å². The first kappa shape index (κ1) is 22.4. The molecule has 9 heteroatoms. The van der Waals surface area contributed by atoms with Crippen molar-refractivity contribution in [2.45, 2.75) is 51.7 Å². The zero-order valence-corrected chi connectivity index (χ0v) is 17.6. The van der Waals surface area contributed by atoms with Crippen molar-refractivity contribution in [2.75, 3.05) is 35.5 Å². The van der Waals surface area contributed by atoms with Gasteiger partial charge in [0.15, 0.2) is 0 Å². The van der Waals surface area contributed by atoms with Crippen molar-refractivity contribution in [1.82, 2.24) is 4.90 Å². The fraction of sp³-hybridized carbons (Fsp3) is 0.632. The Kier molecular flexibility index (Phi) is 7.68. The molecule has 1 aromatic rings. The lowest BCUT2D eigenvalue weighted by Crippen LogP contribution is -2.44. The molecular formula is C19H31N3O5S. The highest BCUT2D eigenvalue weighted by molar-refractivity contribution is 7.92. The summed E-state index contributed by atoms with van der Waals surface area (Å²) in [6, 6.07) is 6.42. The second-order valence-corrected chi connectivity index (χ2v) is 9.84. The molecule has 1 fully saturated rings. The molecule has 1 aromatic carbocycles. The number of carbonyl (C=O) groups excluding carboxylic acids is 1. The third-order valence-corrected chi connectivity index (χ3v) is 5.68. The summed E-state index contributed by atoms with van der Waals surface area (Å²) in [4.78, 5) is 13.8. The van der Waals surface area contributed by atoms with Gasteiger partial charge in [-0.2, -0.15) is 0 Å². The Hall–Kier alpha value is -1.84. The first-order valence-corrected chi connectivity index (χ1v) is 11.2. The molecule has 28 heavy (non-hydrogen) atoms. The molecule has 1 heterocycles. The number of nitrogens with zero attached hydrogens (tertiary/aromatic N) is 1. The van der Waals surface area contributed by atoms with Gasteiger partial charge >= 0.3 is 6.09 Å². The molecule has 1 atom stereocenters.